The van der Waals surface area contributed by atoms with E-state index in [2.05, 4.69) is 21.2 Å². The van der Waals surface area contributed by atoms with Crippen molar-refractivity contribution in [1.29, 1.82) is 0 Å². The second-order valence-electron chi connectivity index (χ2n) is 4.34. The lowest BCUT2D eigenvalue weighted by Gasteiger charge is -2.30. The van der Waals surface area contributed by atoms with E-state index in [9.17, 15) is 4.79 Å². The van der Waals surface area contributed by atoms with Crippen LogP contribution >= 0.6 is 15.9 Å². The molecule has 1 N–H and O–H groups in total. The summed E-state index contributed by atoms with van der Waals surface area (Å²) in [7, 11) is 0. The molecule has 84 valence electrons. The smallest absolute Gasteiger partial charge is 0.322 e. The number of para-hydroxylation sites is 1. The topological polar surface area (TPSA) is 38.3 Å². The summed E-state index contributed by atoms with van der Waals surface area (Å²) in [5.41, 5.74) is 0.651. The molecule has 0 atom stereocenters. The number of piperidine rings is 1. The molecular weight excluding hydrogens is 270 g/mol. The first-order chi connectivity index (χ1) is 7.74. The number of halogens is 1. The molecule has 2 heterocycles. The largest absolute Gasteiger partial charge is 0.424 e. The lowest BCUT2D eigenvalue weighted by Crippen LogP contribution is -2.44. The van der Waals surface area contributed by atoms with Gasteiger partial charge in [0.15, 0.2) is 0 Å². The zero-order valence-electron chi connectivity index (χ0n) is 8.75. The number of esters is 1. The minimum Gasteiger partial charge on any atom is -0.424 e. The second-order valence-corrected chi connectivity index (χ2v) is 5.19. The summed E-state index contributed by atoms with van der Waals surface area (Å²) in [6, 6.07) is 5.89. The van der Waals surface area contributed by atoms with Crippen molar-refractivity contribution in [3.63, 3.8) is 0 Å². The van der Waals surface area contributed by atoms with Gasteiger partial charge >= 0.3 is 5.97 Å². The van der Waals surface area contributed by atoms with Gasteiger partial charge in [-0.3, -0.25) is 4.79 Å². The Morgan fingerprint density at radius 1 is 1.31 bits per heavy atom. The van der Waals surface area contributed by atoms with E-state index in [1.165, 1.54) is 0 Å². The molecule has 0 radical (unpaired) electrons. The fraction of sp³-hybridized carbons (Fsp3) is 0.417. The van der Waals surface area contributed by atoms with E-state index in [0.29, 0.717) is 0 Å². The quantitative estimate of drug-likeness (QED) is 0.584. The van der Waals surface area contributed by atoms with Crippen molar-refractivity contribution >= 4 is 21.9 Å². The van der Waals surface area contributed by atoms with Gasteiger partial charge in [-0.15, -0.1) is 0 Å². The molecule has 0 bridgehead atoms. The molecule has 1 fully saturated rings. The molecule has 2 aliphatic heterocycles. The van der Waals surface area contributed by atoms with Crippen LogP contribution in [0, 0.1) is 0 Å². The standard InChI is InChI=1S/C12H12BrNO2/c13-9-3-1-2-8-10(9)16-11(15)12(8)4-6-14-7-5-12/h1-3,14H,4-7H2. The number of benzene rings is 1. The fourth-order valence-corrected chi connectivity index (χ4v) is 3.06. The molecule has 0 aromatic heterocycles. The maximum absolute atomic E-state index is 12.1. The number of hydrogen-bond donors (Lipinski definition) is 1. The van der Waals surface area contributed by atoms with Gasteiger partial charge in [0.25, 0.3) is 0 Å². The van der Waals surface area contributed by atoms with Crippen molar-refractivity contribution in [2.45, 2.75) is 18.3 Å². The van der Waals surface area contributed by atoms with Crippen molar-refractivity contribution in [2.24, 2.45) is 0 Å². The van der Waals surface area contributed by atoms with Crippen LogP contribution in [0.25, 0.3) is 0 Å². The maximum Gasteiger partial charge on any atom is 0.322 e. The SMILES string of the molecule is O=C1Oc2c(Br)cccc2C12CCNCC2. The van der Waals surface area contributed by atoms with Gasteiger partial charge in [-0.05, 0) is 47.9 Å². The predicted octanol–water partition coefficient (Wildman–Crippen LogP) is 1.99. The molecule has 4 heteroatoms. The average molecular weight is 282 g/mol. The lowest BCUT2D eigenvalue weighted by molar-refractivity contribution is -0.139. The number of carbonyl (C=O) groups is 1. The third kappa shape index (κ3) is 1.26. The second kappa shape index (κ2) is 3.57. The van der Waals surface area contributed by atoms with Gasteiger partial charge < -0.3 is 10.1 Å². The molecule has 1 aromatic carbocycles. The van der Waals surface area contributed by atoms with Crippen LogP contribution in [-0.4, -0.2) is 19.1 Å². The number of carbonyl (C=O) groups excluding carboxylic acids is 1. The molecule has 1 aromatic rings. The van der Waals surface area contributed by atoms with Crippen LogP contribution in [0.1, 0.15) is 18.4 Å². The van der Waals surface area contributed by atoms with Crippen LogP contribution in [0.4, 0.5) is 0 Å². The monoisotopic (exact) mass is 281 g/mol. The molecule has 16 heavy (non-hydrogen) atoms. The first kappa shape index (κ1) is 10.3. The van der Waals surface area contributed by atoms with Gasteiger partial charge in [0, 0.05) is 5.56 Å². The van der Waals surface area contributed by atoms with E-state index >= 15 is 0 Å². The summed E-state index contributed by atoms with van der Waals surface area (Å²) in [6.45, 7) is 1.75. The van der Waals surface area contributed by atoms with Crippen molar-refractivity contribution in [2.75, 3.05) is 13.1 Å². The molecule has 1 saturated heterocycles. The zero-order chi connectivity index (χ0) is 11.2. The molecule has 0 unspecified atom stereocenters. The highest BCUT2D eigenvalue weighted by Gasteiger charge is 2.49. The number of nitrogens with one attached hydrogen (secondary N) is 1. The van der Waals surface area contributed by atoms with Gasteiger partial charge in [-0.1, -0.05) is 12.1 Å². The molecular formula is C12H12BrNO2. The molecule has 2 aliphatic rings. The van der Waals surface area contributed by atoms with E-state index in [1.807, 2.05) is 18.2 Å². The Morgan fingerprint density at radius 3 is 2.81 bits per heavy atom. The summed E-state index contributed by atoms with van der Waals surface area (Å²) in [6.07, 6.45) is 1.66. The van der Waals surface area contributed by atoms with E-state index in [0.717, 1.165) is 41.7 Å². The van der Waals surface area contributed by atoms with Crippen LogP contribution in [-0.2, 0) is 10.2 Å². The lowest BCUT2D eigenvalue weighted by atomic mass is 9.74. The van der Waals surface area contributed by atoms with Crippen molar-refractivity contribution < 1.29 is 9.53 Å². The van der Waals surface area contributed by atoms with Gasteiger partial charge in [0.05, 0.1) is 9.89 Å². The van der Waals surface area contributed by atoms with Crippen molar-refractivity contribution in [3.05, 3.63) is 28.2 Å². The third-order valence-electron chi connectivity index (χ3n) is 3.53. The highest BCUT2D eigenvalue weighted by Crippen LogP contribution is 2.48. The molecule has 0 saturated carbocycles. The number of rotatable bonds is 0. The zero-order valence-corrected chi connectivity index (χ0v) is 10.3. The number of fused-ring (bicyclic) bond motifs is 2. The average Bonchev–Trinajstić information content (AvgIpc) is 2.57. The first-order valence-electron chi connectivity index (χ1n) is 5.46. The van der Waals surface area contributed by atoms with E-state index in [1.54, 1.807) is 0 Å². The van der Waals surface area contributed by atoms with Crippen molar-refractivity contribution in [1.82, 2.24) is 5.32 Å². The summed E-state index contributed by atoms with van der Waals surface area (Å²) in [4.78, 5) is 12.1. The molecule has 3 nitrogen and oxygen atoms in total. The van der Waals surface area contributed by atoms with Crippen LogP contribution < -0.4 is 10.1 Å². The van der Waals surface area contributed by atoms with Gasteiger partial charge in [-0.25, -0.2) is 0 Å². The van der Waals surface area contributed by atoms with Crippen molar-refractivity contribution in [3.8, 4) is 5.75 Å². The summed E-state index contributed by atoms with van der Waals surface area (Å²) >= 11 is 3.43. The minimum absolute atomic E-state index is 0.0871. The van der Waals surface area contributed by atoms with E-state index in [-0.39, 0.29) is 5.97 Å². The molecule has 3 rings (SSSR count). The van der Waals surface area contributed by atoms with E-state index in [4.69, 9.17) is 4.74 Å². The van der Waals surface area contributed by atoms with Gasteiger partial charge in [0.2, 0.25) is 0 Å². The number of hydrogen-bond acceptors (Lipinski definition) is 3. The van der Waals surface area contributed by atoms with E-state index < -0.39 is 5.41 Å². The molecule has 0 amide bonds. The molecule has 0 aliphatic carbocycles. The Hall–Kier alpha value is -0.870. The number of ether oxygens (including phenoxy) is 1. The predicted molar refractivity (Wildman–Crippen MR) is 63.6 cm³/mol. The first-order valence-corrected chi connectivity index (χ1v) is 6.25. The highest BCUT2D eigenvalue weighted by molar-refractivity contribution is 9.10. The summed E-state index contributed by atoms with van der Waals surface area (Å²) in [5, 5.41) is 3.28. The minimum atomic E-state index is -0.398. The Kier molecular flexibility index (Phi) is 2.30. The summed E-state index contributed by atoms with van der Waals surface area (Å²) < 4.78 is 6.29. The van der Waals surface area contributed by atoms with Crippen LogP contribution in [0.5, 0.6) is 5.75 Å². The summed E-state index contributed by atoms with van der Waals surface area (Å²) in [5.74, 6) is 0.630. The van der Waals surface area contributed by atoms with Crippen LogP contribution in [0.3, 0.4) is 0 Å². The third-order valence-corrected chi connectivity index (χ3v) is 4.15. The Balaban J connectivity index is 2.15. The van der Waals surface area contributed by atoms with Gasteiger partial charge in [0.1, 0.15) is 5.75 Å². The Bertz CT molecular complexity index is 452. The fourth-order valence-electron chi connectivity index (χ4n) is 2.62. The maximum atomic E-state index is 12.1. The Morgan fingerprint density at radius 2 is 2.06 bits per heavy atom. The molecule has 1 spiro atoms. The normalized spacial score (nSPS) is 21.9. The Labute approximate surface area is 102 Å². The van der Waals surface area contributed by atoms with Crippen LogP contribution in [0.2, 0.25) is 0 Å². The van der Waals surface area contributed by atoms with Gasteiger partial charge in [-0.2, -0.15) is 0 Å². The highest BCUT2D eigenvalue weighted by atomic mass is 79.9. The van der Waals surface area contributed by atoms with Crippen LogP contribution in [0.15, 0.2) is 22.7 Å².